The predicted molar refractivity (Wildman–Crippen MR) is 111 cm³/mol. The molecule has 1 spiro atoms. The number of aliphatic hydroxyl groups is 1. The third kappa shape index (κ3) is 5.23. The van der Waals surface area contributed by atoms with E-state index in [1.54, 1.807) is 0 Å². The second-order valence-electron chi connectivity index (χ2n) is 9.76. The standard InChI is InChI=1S/C21H29F3N2O4S/c1-19(2,3)14-31(29,30)25-10-8-20(17(27)13-25)9-11-26(18(20)28)16-6-4-15(5-7-16)12-21(22,23)24/h4-7,17,27H,8-14H2,1-3H3. The van der Waals surface area contributed by atoms with Crippen molar-refractivity contribution in [1.29, 1.82) is 0 Å². The van der Waals surface area contributed by atoms with E-state index in [4.69, 9.17) is 0 Å². The minimum atomic E-state index is -4.31. The SMILES string of the molecule is CC(C)(C)CS(=O)(=O)N1CCC2(CCN(c3ccc(CC(F)(F)F)cc3)C2=O)C(O)C1. The highest BCUT2D eigenvalue weighted by Gasteiger charge is 2.55. The lowest BCUT2D eigenvalue weighted by molar-refractivity contribution is -0.135. The highest BCUT2D eigenvalue weighted by atomic mass is 32.2. The van der Waals surface area contributed by atoms with Gasteiger partial charge in [-0.05, 0) is 36.0 Å². The Morgan fingerprint density at radius 2 is 1.68 bits per heavy atom. The molecular formula is C21H29F3N2O4S. The van der Waals surface area contributed by atoms with Gasteiger partial charge >= 0.3 is 6.18 Å². The first kappa shape index (κ1) is 24.0. The normalized spacial score (nSPS) is 26.1. The Hall–Kier alpha value is -1.65. The number of hydrogen-bond acceptors (Lipinski definition) is 4. The molecule has 1 aromatic carbocycles. The van der Waals surface area contributed by atoms with Crippen LogP contribution >= 0.6 is 0 Å². The van der Waals surface area contributed by atoms with E-state index >= 15 is 0 Å². The largest absolute Gasteiger partial charge is 0.393 e. The fourth-order valence-electron chi connectivity index (χ4n) is 4.44. The predicted octanol–water partition coefficient (Wildman–Crippen LogP) is 2.96. The Kier molecular flexibility index (Phi) is 6.23. The van der Waals surface area contributed by atoms with Gasteiger partial charge in [0.15, 0.2) is 0 Å². The first-order valence-corrected chi connectivity index (χ1v) is 11.9. The third-order valence-corrected chi connectivity index (χ3v) is 8.29. The van der Waals surface area contributed by atoms with Gasteiger partial charge in [0.1, 0.15) is 0 Å². The molecule has 3 rings (SSSR count). The monoisotopic (exact) mass is 462 g/mol. The molecule has 2 heterocycles. The Labute approximate surface area is 181 Å². The Morgan fingerprint density at radius 1 is 1.10 bits per heavy atom. The number of benzene rings is 1. The molecule has 2 saturated heterocycles. The van der Waals surface area contributed by atoms with Crippen LogP contribution in [0.4, 0.5) is 18.9 Å². The van der Waals surface area contributed by atoms with Gasteiger partial charge in [0.25, 0.3) is 0 Å². The number of nitrogens with zero attached hydrogens (tertiary/aromatic N) is 2. The lowest BCUT2D eigenvalue weighted by Crippen LogP contribution is -2.56. The van der Waals surface area contributed by atoms with Crippen LogP contribution in [0.3, 0.4) is 0 Å². The number of carbonyl (C=O) groups excluding carboxylic acids is 1. The molecule has 1 aromatic rings. The molecular weight excluding hydrogens is 433 g/mol. The summed E-state index contributed by atoms with van der Waals surface area (Å²) in [5.41, 5.74) is -0.923. The van der Waals surface area contributed by atoms with Crippen LogP contribution in [0.5, 0.6) is 0 Å². The van der Waals surface area contributed by atoms with E-state index in [-0.39, 0.29) is 36.7 Å². The Morgan fingerprint density at radius 3 is 2.19 bits per heavy atom. The van der Waals surface area contributed by atoms with Crippen LogP contribution in [-0.4, -0.2) is 61.4 Å². The summed E-state index contributed by atoms with van der Waals surface area (Å²) < 4.78 is 64.3. The molecule has 2 aliphatic rings. The number of carbonyl (C=O) groups is 1. The number of alkyl halides is 3. The van der Waals surface area contributed by atoms with Gasteiger partial charge in [-0.25, -0.2) is 8.42 Å². The van der Waals surface area contributed by atoms with E-state index in [1.807, 2.05) is 20.8 Å². The Bertz CT molecular complexity index is 925. The van der Waals surface area contributed by atoms with Crippen LogP contribution < -0.4 is 4.90 Å². The van der Waals surface area contributed by atoms with Crippen molar-refractivity contribution in [2.45, 2.75) is 52.3 Å². The number of rotatable bonds is 4. The summed E-state index contributed by atoms with van der Waals surface area (Å²) in [6.07, 6.45) is -5.91. The maximum absolute atomic E-state index is 13.2. The van der Waals surface area contributed by atoms with Crippen LogP contribution in [0.25, 0.3) is 0 Å². The van der Waals surface area contributed by atoms with Gasteiger partial charge in [0.05, 0.1) is 23.7 Å². The van der Waals surface area contributed by atoms with Crippen LogP contribution in [0, 0.1) is 10.8 Å². The summed E-state index contributed by atoms with van der Waals surface area (Å²) in [6, 6.07) is 5.65. The molecule has 0 aromatic heterocycles. The number of hydrogen-bond donors (Lipinski definition) is 1. The van der Waals surface area contributed by atoms with Crippen molar-refractivity contribution in [2.24, 2.45) is 10.8 Å². The number of halogens is 3. The van der Waals surface area contributed by atoms with Crippen molar-refractivity contribution >= 4 is 21.6 Å². The smallest absolute Gasteiger partial charge is 0.391 e. The zero-order valence-electron chi connectivity index (χ0n) is 17.9. The first-order valence-electron chi connectivity index (χ1n) is 10.3. The van der Waals surface area contributed by atoms with Gasteiger partial charge in [0.2, 0.25) is 15.9 Å². The lowest BCUT2D eigenvalue weighted by Gasteiger charge is -2.41. The van der Waals surface area contributed by atoms with E-state index in [1.165, 1.54) is 33.5 Å². The van der Waals surface area contributed by atoms with Crippen molar-refractivity contribution in [3.8, 4) is 0 Å². The molecule has 31 heavy (non-hydrogen) atoms. The van der Waals surface area contributed by atoms with Crippen LogP contribution in [0.1, 0.15) is 39.2 Å². The average molecular weight is 463 g/mol. The molecule has 2 fully saturated rings. The molecule has 0 aliphatic carbocycles. The number of β-amino-alcohol motifs (C(OH)–C–C–N with tert-alkyl or cyclic N) is 1. The number of amides is 1. The fourth-order valence-corrected chi connectivity index (χ4v) is 6.46. The van der Waals surface area contributed by atoms with Gasteiger partial charge in [-0.15, -0.1) is 0 Å². The summed E-state index contributed by atoms with van der Waals surface area (Å²) in [4.78, 5) is 14.7. The second kappa shape index (κ2) is 8.04. The maximum Gasteiger partial charge on any atom is 0.393 e. The molecule has 0 saturated carbocycles. The zero-order valence-corrected chi connectivity index (χ0v) is 18.8. The topological polar surface area (TPSA) is 77.9 Å². The van der Waals surface area contributed by atoms with Gasteiger partial charge in [-0.3, -0.25) is 4.79 Å². The summed E-state index contributed by atoms with van der Waals surface area (Å²) in [6.45, 7) is 5.81. The summed E-state index contributed by atoms with van der Waals surface area (Å²) in [5, 5.41) is 10.8. The fraction of sp³-hybridized carbons (Fsp3) is 0.667. The van der Waals surface area contributed by atoms with E-state index in [9.17, 15) is 31.5 Å². The minimum Gasteiger partial charge on any atom is -0.391 e. The Balaban J connectivity index is 1.72. The van der Waals surface area contributed by atoms with Crippen molar-refractivity contribution in [3.63, 3.8) is 0 Å². The van der Waals surface area contributed by atoms with Crippen molar-refractivity contribution in [3.05, 3.63) is 29.8 Å². The summed E-state index contributed by atoms with van der Waals surface area (Å²) in [5.74, 6) is -0.360. The van der Waals surface area contributed by atoms with Crippen LogP contribution in [-0.2, 0) is 21.2 Å². The summed E-state index contributed by atoms with van der Waals surface area (Å²) in [7, 11) is -3.57. The van der Waals surface area contributed by atoms with Gasteiger partial charge in [0, 0.05) is 25.3 Å². The van der Waals surface area contributed by atoms with Gasteiger partial charge in [-0.1, -0.05) is 32.9 Å². The average Bonchev–Trinajstić information content (AvgIpc) is 2.92. The molecule has 0 radical (unpaired) electrons. The highest BCUT2D eigenvalue weighted by molar-refractivity contribution is 7.89. The molecule has 0 bridgehead atoms. The van der Waals surface area contributed by atoms with Gasteiger partial charge < -0.3 is 10.0 Å². The van der Waals surface area contributed by atoms with E-state index in [0.717, 1.165) is 0 Å². The molecule has 1 N–H and O–H groups in total. The number of aliphatic hydroxyl groups excluding tert-OH is 1. The second-order valence-corrected chi connectivity index (χ2v) is 11.7. The van der Waals surface area contributed by atoms with Crippen molar-refractivity contribution in [2.75, 3.05) is 30.3 Å². The van der Waals surface area contributed by atoms with Crippen LogP contribution in [0.15, 0.2) is 24.3 Å². The quantitative estimate of drug-likeness (QED) is 0.746. The first-order chi connectivity index (χ1) is 14.1. The highest BCUT2D eigenvalue weighted by Crippen LogP contribution is 2.44. The third-order valence-electron chi connectivity index (χ3n) is 5.94. The molecule has 6 nitrogen and oxygen atoms in total. The van der Waals surface area contributed by atoms with E-state index in [0.29, 0.717) is 18.7 Å². The molecule has 2 unspecified atom stereocenters. The molecule has 2 aliphatic heterocycles. The number of piperidine rings is 1. The molecule has 1 amide bonds. The summed E-state index contributed by atoms with van der Waals surface area (Å²) >= 11 is 0. The zero-order chi connectivity index (χ0) is 23.2. The maximum atomic E-state index is 13.2. The lowest BCUT2D eigenvalue weighted by atomic mass is 9.75. The number of sulfonamides is 1. The molecule has 2 atom stereocenters. The minimum absolute atomic E-state index is 0.0515. The van der Waals surface area contributed by atoms with Crippen molar-refractivity contribution < 1.29 is 31.5 Å². The van der Waals surface area contributed by atoms with Gasteiger partial charge in [-0.2, -0.15) is 17.5 Å². The van der Waals surface area contributed by atoms with Crippen molar-refractivity contribution in [1.82, 2.24) is 4.31 Å². The van der Waals surface area contributed by atoms with Crippen LogP contribution in [0.2, 0.25) is 0 Å². The number of anilines is 1. The van der Waals surface area contributed by atoms with E-state index in [2.05, 4.69) is 0 Å². The van der Waals surface area contributed by atoms with E-state index < -0.39 is 39.6 Å². The molecule has 10 heteroatoms. The molecule has 174 valence electrons.